The van der Waals surface area contributed by atoms with Crippen molar-refractivity contribution >= 4 is 5.91 Å². The second-order valence-corrected chi connectivity index (χ2v) is 4.79. The van der Waals surface area contributed by atoms with Crippen LogP contribution in [0, 0.1) is 0 Å². The van der Waals surface area contributed by atoms with Crippen molar-refractivity contribution in [1.29, 1.82) is 0 Å². The van der Waals surface area contributed by atoms with Gasteiger partial charge in [-0.3, -0.25) is 4.79 Å². The van der Waals surface area contributed by atoms with E-state index >= 15 is 0 Å². The van der Waals surface area contributed by atoms with Crippen LogP contribution in [0.5, 0.6) is 0 Å². The molecule has 0 unspecified atom stereocenters. The summed E-state index contributed by atoms with van der Waals surface area (Å²) in [5.41, 5.74) is 0. The fourth-order valence-electron chi connectivity index (χ4n) is 1.52. The van der Waals surface area contributed by atoms with Crippen LogP contribution in [0.15, 0.2) is 0 Å². The van der Waals surface area contributed by atoms with Crippen LogP contribution in [0.4, 0.5) is 0 Å². The minimum Gasteiger partial charge on any atom is -0.385 e. The van der Waals surface area contributed by atoms with Crippen LogP contribution in [-0.2, 0) is 19.0 Å². The van der Waals surface area contributed by atoms with E-state index in [4.69, 9.17) is 14.2 Å². The molecule has 0 heterocycles. The first-order valence-corrected chi connectivity index (χ1v) is 7.10. The standard InChI is InChI=1S/C14H29NO4.H2/c1-13(2)15-14(16)12-19-11-7-10-18-9-6-4-5-8-17-3;/h13H,4-12H2,1-3H3,(H,15,16);1H. The maximum Gasteiger partial charge on any atom is 0.246 e. The minimum atomic E-state index is -0.0611. The third kappa shape index (κ3) is 15.3. The summed E-state index contributed by atoms with van der Waals surface area (Å²) in [6.45, 7) is 6.86. The Hall–Kier alpha value is -0.650. The van der Waals surface area contributed by atoms with Crippen molar-refractivity contribution in [2.75, 3.05) is 40.1 Å². The highest BCUT2D eigenvalue weighted by Crippen LogP contribution is 1.96. The molecule has 0 bridgehead atoms. The maximum atomic E-state index is 11.2. The van der Waals surface area contributed by atoms with Crippen LogP contribution < -0.4 is 5.32 Å². The molecule has 0 rings (SSSR count). The Kier molecular flexibility index (Phi) is 13.3. The maximum absolute atomic E-state index is 11.2. The number of rotatable bonds is 13. The van der Waals surface area contributed by atoms with Crippen molar-refractivity contribution in [3.63, 3.8) is 0 Å². The molecule has 5 heteroatoms. The van der Waals surface area contributed by atoms with Gasteiger partial charge in [0.25, 0.3) is 0 Å². The predicted molar refractivity (Wildman–Crippen MR) is 77.4 cm³/mol. The molecule has 0 radical (unpaired) electrons. The summed E-state index contributed by atoms with van der Waals surface area (Å²) in [4.78, 5) is 11.2. The molecule has 19 heavy (non-hydrogen) atoms. The molecular weight excluding hydrogens is 246 g/mol. The van der Waals surface area contributed by atoms with Crippen molar-refractivity contribution in [2.24, 2.45) is 0 Å². The molecule has 0 aliphatic carbocycles. The summed E-state index contributed by atoms with van der Waals surface area (Å²) in [5.74, 6) is -0.0611. The van der Waals surface area contributed by atoms with Gasteiger partial charge in [-0.05, 0) is 39.5 Å². The van der Waals surface area contributed by atoms with Crippen LogP contribution in [0.3, 0.4) is 0 Å². The van der Waals surface area contributed by atoms with Crippen LogP contribution >= 0.6 is 0 Å². The number of unbranched alkanes of at least 4 members (excludes halogenated alkanes) is 2. The van der Waals surface area contributed by atoms with Gasteiger partial charge in [0.1, 0.15) is 6.61 Å². The van der Waals surface area contributed by atoms with Gasteiger partial charge >= 0.3 is 0 Å². The zero-order chi connectivity index (χ0) is 14.3. The SMILES string of the molecule is COCCCCCOCCCOCC(=O)NC(C)C.[HH]. The van der Waals surface area contributed by atoms with Gasteiger partial charge in [0.05, 0.1) is 0 Å². The third-order valence-corrected chi connectivity index (χ3v) is 2.40. The molecule has 0 spiro atoms. The first kappa shape index (κ1) is 18.4. The van der Waals surface area contributed by atoms with Crippen LogP contribution in [0.2, 0.25) is 0 Å². The topological polar surface area (TPSA) is 56.8 Å². The van der Waals surface area contributed by atoms with Crippen LogP contribution in [0.1, 0.15) is 41.0 Å². The molecule has 0 aliphatic rings. The van der Waals surface area contributed by atoms with Gasteiger partial charge in [-0.15, -0.1) is 0 Å². The molecule has 0 saturated carbocycles. The highest BCUT2D eigenvalue weighted by atomic mass is 16.5. The second-order valence-electron chi connectivity index (χ2n) is 4.79. The highest BCUT2D eigenvalue weighted by molar-refractivity contribution is 5.77. The summed E-state index contributed by atoms with van der Waals surface area (Å²) in [5, 5.41) is 2.77. The van der Waals surface area contributed by atoms with E-state index in [1.54, 1.807) is 7.11 Å². The normalized spacial score (nSPS) is 10.9. The van der Waals surface area contributed by atoms with Crippen molar-refractivity contribution in [3.8, 4) is 0 Å². The van der Waals surface area contributed by atoms with E-state index in [0.717, 1.165) is 38.9 Å². The molecule has 0 aliphatic heterocycles. The summed E-state index contributed by atoms with van der Waals surface area (Å²) < 4.78 is 15.7. The monoisotopic (exact) mass is 277 g/mol. The van der Waals surface area contributed by atoms with Gasteiger partial charge in [-0.2, -0.15) is 0 Å². The van der Waals surface area contributed by atoms with E-state index < -0.39 is 0 Å². The first-order valence-electron chi connectivity index (χ1n) is 7.10. The van der Waals surface area contributed by atoms with Gasteiger partial charge in [0.15, 0.2) is 0 Å². The molecule has 116 valence electrons. The Morgan fingerprint density at radius 1 is 1.00 bits per heavy atom. The Labute approximate surface area is 118 Å². The molecule has 1 N–H and O–H groups in total. The lowest BCUT2D eigenvalue weighted by Gasteiger charge is -2.09. The van der Waals surface area contributed by atoms with Gasteiger partial charge in [-0.1, -0.05) is 0 Å². The Balaban J connectivity index is 0. The number of nitrogens with one attached hydrogen (secondary N) is 1. The lowest BCUT2D eigenvalue weighted by atomic mass is 10.2. The quantitative estimate of drug-likeness (QED) is 0.523. The lowest BCUT2D eigenvalue weighted by molar-refractivity contribution is -0.126. The van der Waals surface area contributed by atoms with Gasteiger partial charge in [0.2, 0.25) is 5.91 Å². The molecule has 0 aromatic heterocycles. The first-order chi connectivity index (χ1) is 9.16. The van der Waals surface area contributed by atoms with E-state index in [-0.39, 0.29) is 20.0 Å². The Morgan fingerprint density at radius 3 is 2.32 bits per heavy atom. The highest BCUT2D eigenvalue weighted by Gasteiger charge is 2.02. The van der Waals surface area contributed by atoms with Gasteiger partial charge in [-0.25, -0.2) is 0 Å². The fraction of sp³-hybridized carbons (Fsp3) is 0.929. The van der Waals surface area contributed by atoms with Crippen molar-refractivity contribution in [2.45, 2.75) is 45.6 Å². The Morgan fingerprint density at radius 2 is 1.63 bits per heavy atom. The third-order valence-electron chi connectivity index (χ3n) is 2.40. The number of methoxy groups -OCH3 is 1. The molecule has 0 aromatic rings. The van der Waals surface area contributed by atoms with E-state index in [0.29, 0.717) is 13.2 Å². The summed E-state index contributed by atoms with van der Waals surface area (Å²) in [6, 6.07) is 0.164. The molecule has 0 fully saturated rings. The molecular formula is C14H31NO4. The average molecular weight is 277 g/mol. The number of carbonyl (C=O) groups is 1. The van der Waals surface area contributed by atoms with Crippen LogP contribution in [-0.4, -0.2) is 52.1 Å². The minimum absolute atomic E-state index is 0. The lowest BCUT2D eigenvalue weighted by Crippen LogP contribution is -2.33. The van der Waals surface area contributed by atoms with Crippen LogP contribution in [0.25, 0.3) is 0 Å². The Bertz CT molecular complexity index is 215. The number of ether oxygens (including phenoxy) is 3. The van der Waals surface area contributed by atoms with E-state index in [9.17, 15) is 4.79 Å². The van der Waals surface area contributed by atoms with Gasteiger partial charge in [0, 0.05) is 41.0 Å². The summed E-state index contributed by atoms with van der Waals surface area (Å²) >= 11 is 0. The molecule has 0 aromatic carbocycles. The number of amides is 1. The number of hydrogen-bond acceptors (Lipinski definition) is 4. The number of hydrogen-bond donors (Lipinski definition) is 1. The second kappa shape index (κ2) is 13.8. The number of carbonyl (C=O) groups excluding carboxylic acids is 1. The summed E-state index contributed by atoms with van der Waals surface area (Å²) in [7, 11) is 1.72. The zero-order valence-electron chi connectivity index (χ0n) is 12.6. The van der Waals surface area contributed by atoms with Crippen molar-refractivity contribution in [3.05, 3.63) is 0 Å². The molecule has 5 nitrogen and oxygen atoms in total. The molecule has 1 amide bonds. The smallest absolute Gasteiger partial charge is 0.246 e. The van der Waals surface area contributed by atoms with E-state index in [1.165, 1.54) is 0 Å². The van der Waals surface area contributed by atoms with Gasteiger partial charge < -0.3 is 19.5 Å². The van der Waals surface area contributed by atoms with Crippen molar-refractivity contribution in [1.82, 2.24) is 5.32 Å². The summed E-state index contributed by atoms with van der Waals surface area (Å²) in [6.07, 6.45) is 4.13. The fourth-order valence-corrected chi connectivity index (χ4v) is 1.52. The molecule has 0 atom stereocenters. The molecule has 0 saturated heterocycles. The largest absolute Gasteiger partial charge is 0.385 e. The van der Waals surface area contributed by atoms with Crippen molar-refractivity contribution < 1.29 is 20.4 Å². The van der Waals surface area contributed by atoms with E-state index in [2.05, 4.69) is 5.32 Å². The predicted octanol–water partition coefficient (Wildman–Crippen LogP) is 2.00. The van der Waals surface area contributed by atoms with E-state index in [1.807, 2.05) is 13.8 Å². The average Bonchev–Trinajstić information content (AvgIpc) is 2.35. The zero-order valence-corrected chi connectivity index (χ0v) is 12.6.